The van der Waals surface area contributed by atoms with Gasteiger partial charge in [-0.25, -0.2) is 0 Å². The molecule has 6 bridgehead atoms. The van der Waals surface area contributed by atoms with Crippen molar-refractivity contribution >= 4 is 34.6 Å². The molecular weight excluding hydrogens is 574 g/mol. The normalized spacial score (nSPS) is 18.7. The fraction of sp³-hybridized carbons (Fsp3) is 0.250. The van der Waals surface area contributed by atoms with E-state index in [1.807, 2.05) is 47.4 Å². The van der Waals surface area contributed by atoms with E-state index in [1.165, 1.54) is 6.20 Å². The standard InChI is InChI=1S/C32H31N9O4/c1-40-30-25(16-36-40)29(33)38-32(39-30)41-10-9-27-26(17-41)37-31(43)22-11-21(14-34-15-22)20-3-2-4-24(12-20)44-18-28(42)35-13-19-5-7-23(45-27)8-6-19/h2-8,11-12,14-16,26-27H,9-10,13,17-18H2,1H3,(H,35,42)(H,37,43)(H2,33,38,39)/t26-,27+/m1/s1. The van der Waals surface area contributed by atoms with Crippen molar-refractivity contribution in [3.63, 3.8) is 0 Å². The molecule has 13 nitrogen and oxygen atoms in total. The molecule has 0 unspecified atom stereocenters. The van der Waals surface area contributed by atoms with Crippen LogP contribution >= 0.6 is 0 Å². The third-order valence-corrected chi connectivity index (χ3v) is 8.00. The lowest BCUT2D eigenvalue weighted by Crippen LogP contribution is -2.57. The number of fused-ring (bicyclic) bond motifs is 8. The average molecular weight is 606 g/mol. The zero-order valence-corrected chi connectivity index (χ0v) is 24.5. The van der Waals surface area contributed by atoms with Crippen molar-refractivity contribution < 1.29 is 19.1 Å². The highest BCUT2D eigenvalue weighted by molar-refractivity contribution is 5.95. The number of aryl methyl sites for hydroxylation is 1. The molecule has 13 heteroatoms. The van der Waals surface area contributed by atoms with Gasteiger partial charge in [0, 0.05) is 51.1 Å². The lowest BCUT2D eigenvalue weighted by atomic mass is 10.0. The van der Waals surface area contributed by atoms with Crippen LogP contribution in [0.5, 0.6) is 11.5 Å². The molecule has 1 saturated heterocycles. The van der Waals surface area contributed by atoms with Gasteiger partial charge in [0.05, 0.1) is 23.2 Å². The summed E-state index contributed by atoms with van der Waals surface area (Å²) in [6, 6.07) is 16.2. The number of pyridine rings is 1. The molecular formula is C32H31N9O4. The topological polar surface area (TPSA) is 162 Å². The second-order valence-electron chi connectivity index (χ2n) is 11.1. The Labute approximate surface area is 258 Å². The second-order valence-corrected chi connectivity index (χ2v) is 11.1. The van der Waals surface area contributed by atoms with E-state index in [0.717, 1.165) is 16.7 Å². The summed E-state index contributed by atoms with van der Waals surface area (Å²) in [5.74, 6) is 1.46. The summed E-state index contributed by atoms with van der Waals surface area (Å²) in [4.78, 5) is 41.8. The van der Waals surface area contributed by atoms with Crippen molar-refractivity contribution in [2.24, 2.45) is 7.05 Å². The lowest BCUT2D eigenvalue weighted by Gasteiger charge is -2.38. The van der Waals surface area contributed by atoms with Gasteiger partial charge in [-0.2, -0.15) is 15.1 Å². The van der Waals surface area contributed by atoms with Crippen LogP contribution in [0.25, 0.3) is 22.2 Å². The number of nitrogen functional groups attached to an aromatic ring is 1. The highest BCUT2D eigenvalue weighted by atomic mass is 16.5. The molecule has 0 radical (unpaired) electrons. The summed E-state index contributed by atoms with van der Waals surface area (Å²) in [6.07, 6.45) is 5.10. The number of nitrogens with zero attached hydrogens (tertiary/aromatic N) is 6. The van der Waals surface area contributed by atoms with E-state index in [-0.39, 0.29) is 24.5 Å². The van der Waals surface area contributed by atoms with Crippen LogP contribution in [0.3, 0.4) is 0 Å². The molecule has 228 valence electrons. The Bertz CT molecular complexity index is 1890. The van der Waals surface area contributed by atoms with Crippen LogP contribution in [0.4, 0.5) is 11.8 Å². The van der Waals surface area contributed by atoms with Crippen molar-refractivity contribution in [2.45, 2.75) is 25.1 Å². The van der Waals surface area contributed by atoms with Gasteiger partial charge in [-0.3, -0.25) is 19.3 Å². The summed E-state index contributed by atoms with van der Waals surface area (Å²) < 4.78 is 13.8. The third-order valence-electron chi connectivity index (χ3n) is 8.00. The number of nitrogens with two attached hydrogens (primary N) is 1. The van der Waals surface area contributed by atoms with Gasteiger partial charge in [0.15, 0.2) is 12.3 Å². The number of rotatable bonds is 1. The van der Waals surface area contributed by atoms with Crippen LogP contribution in [0.15, 0.2) is 73.2 Å². The van der Waals surface area contributed by atoms with Crippen LogP contribution < -0.4 is 30.7 Å². The van der Waals surface area contributed by atoms with E-state index in [9.17, 15) is 9.59 Å². The minimum Gasteiger partial charge on any atom is -0.488 e. The molecule has 3 aliphatic rings. The first kappa shape index (κ1) is 28.1. The fourth-order valence-corrected chi connectivity index (χ4v) is 5.57. The lowest BCUT2D eigenvalue weighted by molar-refractivity contribution is -0.123. The summed E-state index contributed by atoms with van der Waals surface area (Å²) in [5.41, 5.74) is 9.73. The SMILES string of the molecule is Cn1ncc2c(N)nc(N3CC[C@@H]4Oc5ccc(cc5)CNC(=O)COc5cccc(c5)-c5cncc(c5)C(=O)N[C@@H]4C3)nc21. The van der Waals surface area contributed by atoms with Crippen LogP contribution in [-0.2, 0) is 18.4 Å². The number of hydrogen-bond acceptors (Lipinski definition) is 10. The first-order valence-electron chi connectivity index (χ1n) is 14.6. The molecule has 4 N–H and O–H groups in total. The van der Waals surface area contributed by atoms with Crippen LogP contribution in [0.1, 0.15) is 22.3 Å². The third kappa shape index (κ3) is 5.92. The number of aromatic nitrogens is 5. The van der Waals surface area contributed by atoms with E-state index in [4.69, 9.17) is 20.2 Å². The average Bonchev–Trinajstić information content (AvgIpc) is 3.44. The predicted molar refractivity (Wildman–Crippen MR) is 167 cm³/mol. The van der Waals surface area contributed by atoms with E-state index < -0.39 is 6.04 Å². The van der Waals surface area contributed by atoms with Gasteiger partial charge < -0.3 is 30.7 Å². The van der Waals surface area contributed by atoms with Crippen molar-refractivity contribution in [3.8, 4) is 22.6 Å². The van der Waals surface area contributed by atoms with Gasteiger partial charge >= 0.3 is 0 Å². The molecule has 0 spiro atoms. The highest BCUT2D eigenvalue weighted by Gasteiger charge is 2.34. The molecule has 2 amide bonds. The predicted octanol–water partition coefficient (Wildman–Crippen LogP) is 2.47. The number of amides is 2. The maximum absolute atomic E-state index is 13.7. The van der Waals surface area contributed by atoms with Gasteiger partial charge in [-0.15, -0.1) is 0 Å². The van der Waals surface area contributed by atoms with Crippen molar-refractivity contribution in [3.05, 3.63) is 84.3 Å². The Morgan fingerprint density at radius 3 is 2.67 bits per heavy atom. The van der Waals surface area contributed by atoms with Gasteiger partial charge in [-0.1, -0.05) is 24.3 Å². The summed E-state index contributed by atoms with van der Waals surface area (Å²) in [6.45, 7) is 1.19. The minimum atomic E-state index is -0.428. The van der Waals surface area contributed by atoms with Crippen LogP contribution in [0, 0.1) is 0 Å². The van der Waals surface area contributed by atoms with Crippen molar-refractivity contribution in [2.75, 3.05) is 30.3 Å². The van der Waals surface area contributed by atoms with Crippen molar-refractivity contribution in [1.29, 1.82) is 0 Å². The van der Waals surface area contributed by atoms with Crippen molar-refractivity contribution in [1.82, 2.24) is 35.4 Å². The van der Waals surface area contributed by atoms with Crippen LogP contribution in [0.2, 0.25) is 0 Å². The molecule has 5 aromatic rings. The van der Waals surface area contributed by atoms with E-state index in [2.05, 4.69) is 25.7 Å². The highest BCUT2D eigenvalue weighted by Crippen LogP contribution is 2.27. The smallest absolute Gasteiger partial charge is 0.258 e. The number of carbonyl (C=O) groups excluding carboxylic acids is 2. The number of anilines is 2. The number of hydrogen-bond donors (Lipinski definition) is 3. The molecule has 0 saturated carbocycles. The fourth-order valence-electron chi connectivity index (χ4n) is 5.57. The quantitative estimate of drug-likeness (QED) is 0.259. The van der Waals surface area contributed by atoms with Gasteiger partial charge in [0.2, 0.25) is 5.95 Å². The molecule has 3 aliphatic heterocycles. The number of ether oxygens (including phenoxy) is 2. The maximum atomic E-state index is 13.7. The Hall–Kier alpha value is -5.72. The largest absolute Gasteiger partial charge is 0.488 e. The summed E-state index contributed by atoms with van der Waals surface area (Å²) >= 11 is 0. The number of nitrogens with one attached hydrogen (secondary N) is 2. The Kier molecular flexibility index (Phi) is 7.33. The zero-order chi connectivity index (χ0) is 30.9. The van der Waals surface area contributed by atoms with E-state index >= 15 is 0 Å². The Morgan fingerprint density at radius 2 is 1.80 bits per heavy atom. The molecule has 6 heterocycles. The minimum absolute atomic E-state index is 0.126. The van der Waals surface area contributed by atoms with E-state index in [0.29, 0.717) is 65.9 Å². The van der Waals surface area contributed by atoms with Gasteiger partial charge in [0.25, 0.3) is 11.8 Å². The van der Waals surface area contributed by atoms with Crippen LogP contribution in [-0.4, -0.2) is 68.4 Å². The molecule has 3 aromatic heterocycles. The maximum Gasteiger partial charge on any atom is 0.258 e. The van der Waals surface area contributed by atoms with Gasteiger partial charge in [0.1, 0.15) is 23.4 Å². The Balaban J connectivity index is 1.22. The number of benzene rings is 2. The number of carbonyl (C=O) groups is 2. The molecule has 0 aliphatic carbocycles. The van der Waals surface area contributed by atoms with E-state index in [1.54, 1.807) is 36.3 Å². The van der Waals surface area contributed by atoms with Gasteiger partial charge in [-0.05, 0) is 41.5 Å². The first-order chi connectivity index (χ1) is 21.9. The monoisotopic (exact) mass is 605 g/mol. The molecule has 8 rings (SSSR count). The first-order valence-corrected chi connectivity index (χ1v) is 14.6. The molecule has 2 aromatic carbocycles. The number of piperidine rings is 1. The Morgan fingerprint density at radius 1 is 0.956 bits per heavy atom. The summed E-state index contributed by atoms with van der Waals surface area (Å²) in [5, 5.41) is 11.0. The molecule has 1 fully saturated rings. The molecule has 2 atom stereocenters. The second kappa shape index (κ2) is 11.8. The molecule has 45 heavy (non-hydrogen) atoms. The zero-order valence-electron chi connectivity index (χ0n) is 24.5. The summed E-state index contributed by atoms with van der Waals surface area (Å²) in [7, 11) is 1.80.